The third kappa shape index (κ3) is 2.29. The Morgan fingerprint density at radius 3 is 2.47 bits per heavy atom. The number of anilines is 1. The molecule has 1 aromatic heterocycles. The first-order valence-corrected chi connectivity index (χ1v) is 6.67. The van der Waals surface area contributed by atoms with Crippen LogP contribution in [0.15, 0.2) is 4.42 Å². The van der Waals surface area contributed by atoms with Gasteiger partial charge in [0.2, 0.25) is 5.89 Å². The highest BCUT2D eigenvalue weighted by Gasteiger charge is 2.26. The van der Waals surface area contributed by atoms with Gasteiger partial charge in [0.15, 0.2) is 0 Å². The maximum atomic E-state index is 5.90. The van der Waals surface area contributed by atoms with E-state index in [1.54, 1.807) is 0 Å². The summed E-state index contributed by atoms with van der Waals surface area (Å²) in [6.45, 7) is 2.11. The molecule has 0 bridgehead atoms. The molecule has 1 aliphatic carbocycles. The Bertz CT molecular complexity index is 364. The van der Waals surface area contributed by atoms with E-state index in [1.165, 1.54) is 12.8 Å². The lowest BCUT2D eigenvalue weighted by molar-refractivity contribution is 0.339. The fourth-order valence-electron chi connectivity index (χ4n) is 2.79. The van der Waals surface area contributed by atoms with Crippen LogP contribution in [-0.2, 0) is 0 Å². The molecule has 1 aromatic rings. The van der Waals surface area contributed by atoms with Crippen molar-refractivity contribution in [3.8, 4) is 0 Å². The molecule has 2 heterocycles. The average molecular weight is 236 g/mol. The zero-order valence-electron chi connectivity index (χ0n) is 10.1. The summed E-state index contributed by atoms with van der Waals surface area (Å²) in [5.74, 6) is 1.25. The molecule has 2 fully saturated rings. The van der Waals surface area contributed by atoms with Crippen molar-refractivity contribution in [1.82, 2.24) is 10.2 Å². The lowest BCUT2D eigenvalue weighted by atomic mass is 9.86. The van der Waals surface area contributed by atoms with Crippen LogP contribution < -0.4 is 10.6 Å². The molecule has 0 unspecified atom stereocenters. The molecule has 0 aromatic carbocycles. The minimum atomic E-state index is 0.368. The topological polar surface area (TPSA) is 68.2 Å². The van der Waals surface area contributed by atoms with Gasteiger partial charge in [0.25, 0.3) is 0 Å². The average Bonchev–Trinajstić information content (AvgIpc) is 3.00. The van der Waals surface area contributed by atoms with Crippen LogP contribution in [0.5, 0.6) is 0 Å². The first-order valence-electron chi connectivity index (χ1n) is 6.67. The second kappa shape index (κ2) is 4.64. The van der Waals surface area contributed by atoms with Crippen molar-refractivity contribution in [3.05, 3.63) is 5.89 Å². The fraction of sp³-hybridized carbons (Fsp3) is 0.833. The maximum absolute atomic E-state index is 5.90. The van der Waals surface area contributed by atoms with Crippen molar-refractivity contribution < 1.29 is 4.42 Å². The van der Waals surface area contributed by atoms with Crippen LogP contribution in [0, 0.1) is 0 Å². The largest absolute Gasteiger partial charge is 0.408 e. The summed E-state index contributed by atoms with van der Waals surface area (Å²) in [7, 11) is 0. The molecule has 94 valence electrons. The van der Waals surface area contributed by atoms with Crippen LogP contribution in [0.25, 0.3) is 0 Å². The van der Waals surface area contributed by atoms with Gasteiger partial charge in [-0.15, -0.1) is 5.10 Å². The van der Waals surface area contributed by atoms with Crippen molar-refractivity contribution >= 4 is 6.01 Å². The molecule has 2 aliphatic rings. The van der Waals surface area contributed by atoms with E-state index in [0.29, 0.717) is 18.0 Å². The number of nitrogens with two attached hydrogens (primary N) is 1. The van der Waals surface area contributed by atoms with Gasteiger partial charge in [-0.3, -0.25) is 0 Å². The van der Waals surface area contributed by atoms with Crippen LogP contribution in [0.2, 0.25) is 0 Å². The Morgan fingerprint density at radius 1 is 1.06 bits per heavy atom. The van der Waals surface area contributed by atoms with E-state index in [4.69, 9.17) is 10.2 Å². The highest BCUT2D eigenvalue weighted by molar-refractivity contribution is 5.25. The lowest BCUT2D eigenvalue weighted by Crippen LogP contribution is -2.25. The van der Waals surface area contributed by atoms with Gasteiger partial charge in [-0.2, -0.15) is 0 Å². The number of hydrogen-bond acceptors (Lipinski definition) is 5. The van der Waals surface area contributed by atoms with E-state index >= 15 is 0 Å². The minimum Gasteiger partial charge on any atom is -0.408 e. The summed E-state index contributed by atoms with van der Waals surface area (Å²) in [6.07, 6.45) is 6.79. The van der Waals surface area contributed by atoms with Gasteiger partial charge in [0, 0.05) is 25.0 Å². The maximum Gasteiger partial charge on any atom is 0.318 e. The summed E-state index contributed by atoms with van der Waals surface area (Å²) < 4.78 is 5.81. The third-order valence-corrected chi connectivity index (χ3v) is 3.93. The van der Waals surface area contributed by atoms with E-state index < -0.39 is 0 Å². The summed E-state index contributed by atoms with van der Waals surface area (Å²) in [5, 5.41) is 8.38. The Labute approximate surface area is 101 Å². The molecule has 5 heteroatoms. The first-order chi connectivity index (χ1) is 8.33. The smallest absolute Gasteiger partial charge is 0.318 e. The lowest BCUT2D eigenvalue weighted by Gasteiger charge is -2.23. The van der Waals surface area contributed by atoms with Gasteiger partial charge < -0.3 is 15.1 Å². The quantitative estimate of drug-likeness (QED) is 0.845. The molecule has 0 atom stereocenters. The summed E-state index contributed by atoms with van der Waals surface area (Å²) >= 11 is 0. The molecule has 17 heavy (non-hydrogen) atoms. The summed E-state index contributed by atoms with van der Waals surface area (Å²) in [5.41, 5.74) is 5.90. The summed E-state index contributed by atoms with van der Waals surface area (Å²) in [4.78, 5) is 2.19. The van der Waals surface area contributed by atoms with E-state index in [9.17, 15) is 0 Å². The van der Waals surface area contributed by atoms with E-state index in [1.807, 2.05) is 0 Å². The molecule has 0 radical (unpaired) electrons. The molecule has 2 N–H and O–H groups in total. The van der Waals surface area contributed by atoms with Crippen molar-refractivity contribution in [2.75, 3.05) is 18.0 Å². The zero-order valence-corrected chi connectivity index (χ0v) is 10.1. The van der Waals surface area contributed by atoms with Crippen molar-refractivity contribution in [3.63, 3.8) is 0 Å². The van der Waals surface area contributed by atoms with E-state index in [0.717, 1.165) is 44.7 Å². The molecular weight excluding hydrogens is 216 g/mol. The predicted octanol–water partition coefficient (Wildman–Crippen LogP) is 1.65. The normalized spacial score (nSPS) is 29.8. The second-order valence-electron chi connectivity index (χ2n) is 5.23. The Kier molecular flexibility index (Phi) is 3.01. The Hall–Kier alpha value is -1.10. The van der Waals surface area contributed by atoms with Crippen LogP contribution in [-0.4, -0.2) is 29.3 Å². The van der Waals surface area contributed by atoms with Crippen LogP contribution in [0.3, 0.4) is 0 Å². The van der Waals surface area contributed by atoms with Crippen molar-refractivity contribution in [1.29, 1.82) is 0 Å². The van der Waals surface area contributed by atoms with E-state index in [2.05, 4.69) is 15.1 Å². The highest BCUT2D eigenvalue weighted by Crippen LogP contribution is 2.32. The third-order valence-electron chi connectivity index (χ3n) is 3.93. The van der Waals surface area contributed by atoms with Gasteiger partial charge in [-0.1, -0.05) is 5.10 Å². The molecular formula is C12H20N4O. The first kappa shape index (κ1) is 11.0. The fourth-order valence-corrected chi connectivity index (χ4v) is 2.79. The summed E-state index contributed by atoms with van der Waals surface area (Å²) in [6, 6.07) is 1.08. The number of nitrogens with zero attached hydrogens (tertiary/aromatic N) is 3. The molecule has 0 spiro atoms. The van der Waals surface area contributed by atoms with Gasteiger partial charge in [0.05, 0.1) is 0 Å². The minimum absolute atomic E-state index is 0.368. The number of hydrogen-bond donors (Lipinski definition) is 1. The van der Waals surface area contributed by atoms with Crippen LogP contribution in [0.4, 0.5) is 6.01 Å². The molecule has 5 nitrogen and oxygen atoms in total. The molecule has 3 rings (SSSR count). The number of aromatic nitrogens is 2. The monoisotopic (exact) mass is 236 g/mol. The standard InChI is InChI=1S/C12H20N4O/c13-10-5-3-9(4-6-10)11-14-15-12(17-11)16-7-1-2-8-16/h9-10H,1-8,13H2. The highest BCUT2D eigenvalue weighted by atomic mass is 16.4. The van der Waals surface area contributed by atoms with Crippen molar-refractivity contribution in [2.24, 2.45) is 5.73 Å². The van der Waals surface area contributed by atoms with Gasteiger partial charge in [-0.05, 0) is 38.5 Å². The van der Waals surface area contributed by atoms with Gasteiger partial charge in [-0.25, -0.2) is 0 Å². The van der Waals surface area contributed by atoms with Crippen LogP contribution in [0.1, 0.15) is 50.3 Å². The second-order valence-corrected chi connectivity index (χ2v) is 5.23. The van der Waals surface area contributed by atoms with Crippen molar-refractivity contribution in [2.45, 2.75) is 50.5 Å². The van der Waals surface area contributed by atoms with Gasteiger partial charge in [0.1, 0.15) is 0 Å². The predicted molar refractivity (Wildman–Crippen MR) is 64.9 cm³/mol. The molecule has 1 saturated heterocycles. The van der Waals surface area contributed by atoms with Crippen LogP contribution >= 0.6 is 0 Å². The molecule has 1 aliphatic heterocycles. The number of rotatable bonds is 2. The SMILES string of the molecule is NC1CCC(c2nnc(N3CCCC3)o2)CC1. The van der Waals surface area contributed by atoms with E-state index in [-0.39, 0.29) is 0 Å². The Balaban J connectivity index is 1.67. The van der Waals surface area contributed by atoms with Gasteiger partial charge >= 0.3 is 6.01 Å². The zero-order chi connectivity index (χ0) is 11.7. The Morgan fingerprint density at radius 2 is 1.76 bits per heavy atom. The molecule has 1 saturated carbocycles. The molecule has 0 amide bonds.